The molecule has 8 rings (SSSR count). The normalized spacial score (nSPS) is 27.3. The molecule has 8 nitrogen and oxygen atoms in total. The van der Waals surface area contributed by atoms with E-state index in [-0.39, 0.29) is 35.9 Å². The molecule has 0 radical (unpaired) electrons. The highest BCUT2D eigenvalue weighted by Gasteiger charge is 2.72. The standard InChI is InChI=1S/C38H42F3N5O3S/c1-3-49-43-50(48)32-12-11-29(40)34(35(32)41)36(47)44-18-15-37(16-19-44,25-7-6-8-27(39)21-25)17-20-45-33-23-28(22-26-13-14-38(26,33)45)46-24(2)42-30-9-4-5-10-31(30)46/h4-12,21,26,28,33H,3,13-20,22-23H2,1-2H3,(H,43,48)/p+1/t26-,28?,33?,38?,45?,50?/m0/s1. The summed E-state index contributed by atoms with van der Waals surface area (Å²) in [6.07, 6.45) is 6.51. The first-order chi connectivity index (χ1) is 24.2. The Morgan fingerprint density at radius 2 is 1.84 bits per heavy atom. The van der Waals surface area contributed by atoms with E-state index < -0.39 is 39.5 Å². The van der Waals surface area contributed by atoms with Crippen molar-refractivity contribution in [3.05, 3.63) is 95.1 Å². The molecule has 50 heavy (non-hydrogen) atoms. The number of hydrogen-bond donors (Lipinski definition) is 1. The Labute approximate surface area is 292 Å². The smallest absolute Gasteiger partial charge is 0.260 e. The minimum atomic E-state index is -2.54. The molecule has 264 valence electrons. The van der Waals surface area contributed by atoms with Crippen molar-refractivity contribution in [2.24, 2.45) is 5.92 Å². The fraction of sp³-hybridized carbons (Fsp3) is 0.474. The molecule has 2 aliphatic heterocycles. The number of rotatable bonds is 10. The molecule has 1 aromatic heterocycles. The van der Waals surface area contributed by atoms with Gasteiger partial charge in [-0.25, -0.2) is 18.2 Å². The first-order valence-corrected chi connectivity index (χ1v) is 19.0. The lowest BCUT2D eigenvalue weighted by Gasteiger charge is -2.45. The second-order valence-corrected chi connectivity index (χ2v) is 15.7. The quantitative estimate of drug-likeness (QED) is 0.0860. The number of fused-ring (bicyclic) bond motifs is 1. The number of nitrogens with zero attached hydrogens (tertiary/aromatic N) is 4. The van der Waals surface area contributed by atoms with Gasteiger partial charge in [-0.15, -0.1) is 0 Å². The Bertz CT molecular complexity index is 1980. The number of piperidine rings is 1. The van der Waals surface area contributed by atoms with Crippen molar-refractivity contribution in [1.29, 1.82) is 0 Å². The molecule has 1 spiro atoms. The Kier molecular flexibility index (Phi) is 8.64. The molecule has 6 atom stereocenters. The fourth-order valence-corrected chi connectivity index (χ4v) is 10.5. The number of hydrogen-bond acceptors (Lipinski definition) is 5. The number of nitrogens with one attached hydrogen (secondary N) is 1. The van der Waals surface area contributed by atoms with Crippen LogP contribution >= 0.6 is 0 Å². The van der Waals surface area contributed by atoms with E-state index in [9.17, 15) is 17.8 Å². The van der Waals surface area contributed by atoms with Gasteiger partial charge in [0.25, 0.3) is 5.91 Å². The third kappa shape index (κ3) is 5.41. The zero-order valence-electron chi connectivity index (χ0n) is 28.4. The summed E-state index contributed by atoms with van der Waals surface area (Å²) in [4.78, 5) is 29.5. The SMILES string of the molecule is CCON[SH+](=O)c1ccc(F)c(C(=O)N2CCC(CCN3C4CC(n5c(C)nc6ccccc65)C[C@@H]5CCC453)(c3cccc(F)c3)CC2)c1F. The summed E-state index contributed by atoms with van der Waals surface area (Å²) in [5, 5.41) is 0. The molecule has 5 unspecified atom stereocenters. The third-order valence-electron chi connectivity index (χ3n) is 12.3. The fourth-order valence-electron chi connectivity index (χ4n) is 9.67. The van der Waals surface area contributed by atoms with Gasteiger partial charge in [0.05, 0.1) is 17.6 Å². The number of para-hydroxylation sites is 2. The molecule has 2 saturated heterocycles. The second-order valence-electron chi connectivity index (χ2n) is 14.5. The van der Waals surface area contributed by atoms with E-state index in [1.807, 2.05) is 12.1 Å². The van der Waals surface area contributed by atoms with Gasteiger partial charge in [0, 0.05) is 36.8 Å². The maximum absolute atomic E-state index is 15.5. The van der Waals surface area contributed by atoms with Crippen LogP contribution < -0.4 is 4.89 Å². The average Bonchev–Trinajstić information content (AvgIpc) is 3.66. The average molecular weight is 707 g/mol. The number of aromatic nitrogens is 2. The van der Waals surface area contributed by atoms with Gasteiger partial charge in [-0.05, 0) is 117 Å². The molecule has 2 saturated carbocycles. The molecule has 4 aromatic rings. The Morgan fingerprint density at radius 1 is 1.04 bits per heavy atom. The molecule has 12 heteroatoms. The van der Waals surface area contributed by atoms with Gasteiger partial charge in [-0.3, -0.25) is 14.5 Å². The molecule has 4 fully saturated rings. The molecule has 1 amide bonds. The van der Waals surface area contributed by atoms with Crippen LogP contribution in [0.15, 0.2) is 65.6 Å². The zero-order valence-corrected chi connectivity index (χ0v) is 29.3. The number of amides is 1. The monoisotopic (exact) mass is 706 g/mol. The number of aryl methyl sites for hydroxylation is 1. The topological polar surface area (TPSA) is 79.5 Å². The summed E-state index contributed by atoms with van der Waals surface area (Å²) in [5.41, 5.74) is 2.26. The van der Waals surface area contributed by atoms with Gasteiger partial charge in [-0.2, -0.15) is 0 Å². The van der Waals surface area contributed by atoms with E-state index >= 15 is 4.39 Å². The van der Waals surface area contributed by atoms with Crippen LogP contribution in [-0.4, -0.2) is 63.1 Å². The Hall–Kier alpha value is -3.58. The number of halogens is 3. The first kappa shape index (κ1) is 33.6. The largest absolute Gasteiger partial charge is 0.338 e. The van der Waals surface area contributed by atoms with Gasteiger partial charge in [0.1, 0.15) is 23.0 Å². The summed E-state index contributed by atoms with van der Waals surface area (Å²) in [6, 6.07) is 18.0. The Morgan fingerprint density at radius 3 is 2.58 bits per heavy atom. The summed E-state index contributed by atoms with van der Waals surface area (Å²) in [5.74, 6) is -1.55. The van der Waals surface area contributed by atoms with Crippen LogP contribution in [0.5, 0.6) is 0 Å². The first-order valence-electron chi connectivity index (χ1n) is 17.7. The van der Waals surface area contributed by atoms with Crippen molar-refractivity contribution in [3.8, 4) is 0 Å². The number of thiol groups is 1. The van der Waals surface area contributed by atoms with Crippen molar-refractivity contribution >= 4 is 27.9 Å². The van der Waals surface area contributed by atoms with Crippen LogP contribution in [0.1, 0.15) is 79.7 Å². The second kappa shape index (κ2) is 12.9. The van der Waals surface area contributed by atoms with Gasteiger partial charge in [0.15, 0.2) is 5.82 Å². The van der Waals surface area contributed by atoms with Crippen LogP contribution in [0.3, 0.4) is 0 Å². The summed E-state index contributed by atoms with van der Waals surface area (Å²) >= 11 is 0. The number of benzene rings is 3. The molecule has 4 aliphatic rings. The number of carbonyl (C=O) groups is 1. The van der Waals surface area contributed by atoms with E-state index in [1.54, 1.807) is 19.1 Å². The van der Waals surface area contributed by atoms with Crippen molar-refractivity contribution < 1.29 is 27.0 Å². The maximum atomic E-state index is 15.5. The van der Waals surface area contributed by atoms with Crippen LogP contribution in [0.4, 0.5) is 13.2 Å². The highest BCUT2D eigenvalue weighted by Crippen LogP contribution is 2.67. The van der Waals surface area contributed by atoms with Crippen LogP contribution in [0, 0.1) is 30.3 Å². The van der Waals surface area contributed by atoms with Crippen molar-refractivity contribution in [2.75, 3.05) is 26.2 Å². The number of carbonyl (C=O) groups excluding carboxylic acids is 1. The molecule has 1 N–H and O–H groups in total. The summed E-state index contributed by atoms with van der Waals surface area (Å²) < 4.78 is 60.2. The minimum Gasteiger partial charge on any atom is -0.338 e. The van der Waals surface area contributed by atoms with E-state index in [0.29, 0.717) is 30.8 Å². The molecule has 0 bridgehead atoms. The van der Waals surface area contributed by atoms with E-state index in [4.69, 9.17) is 9.82 Å². The highest BCUT2D eigenvalue weighted by molar-refractivity contribution is 7.82. The molecule has 2 aliphatic carbocycles. The van der Waals surface area contributed by atoms with Crippen molar-refractivity contribution in [1.82, 2.24) is 24.2 Å². The van der Waals surface area contributed by atoms with Crippen LogP contribution in [0.25, 0.3) is 11.0 Å². The third-order valence-corrected chi connectivity index (χ3v) is 13.4. The van der Waals surface area contributed by atoms with Crippen LogP contribution in [0.2, 0.25) is 0 Å². The van der Waals surface area contributed by atoms with Crippen molar-refractivity contribution in [3.63, 3.8) is 0 Å². The van der Waals surface area contributed by atoms with Crippen LogP contribution in [-0.2, 0) is 25.4 Å². The van der Waals surface area contributed by atoms with Gasteiger partial charge < -0.3 is 9.47 Å². The molecule has 3 aromatic carbocycles. The minimum absolute atomic E-state index is 0.194. The molecular formula is C38H43F3N5O3S+. The predicted molar refractivity (Wildman–Crippen MR) is 185 cm³/mol. The molecular weight excluding hydrogens is 664 g/mol. The van der Waals surface area contributed by atoms with E-state index in [2.05, 4.69) is 39.5 Å². The van der Waals surface area contributed by atoms with Gasteiger partial charge in [-0.1, -0.05) is 28.5 Å². The van der Waals surface area contributed by atoms with E-state index in [0.717, 1.165) is 54.8 Å². The van der Waals surface area contributed by atoms with Gasteiger partial charge >= 0.3 is 0 Å². The lowest BCUT2D eigenvalue weighted by Crippen LogP contribution is -2.47. The summed E-state index contributed by atoms with van der Waals surface area (Å²) in [6.45, 7) is 5.36. The number of imidazole rings is 1. The lowest BCUT2D eigenvalue weighted by molar-refractivity contribution is 0.0637. The lowest BCUT2D eigenvalue weighted by atomic mass is 9.63. The Balaban J connectivity index is 1.00. The van der Waals surface area contributed by atoms with E-state index in [1.165, 1.54) is 29.3 Å². The highest BCUT2D eigenvalue weighted by atomic mass is 32.2. The number of likely N-dealkylation sites (tertiary alicyclic amines) is 2. The van der Waals surface area contributed by atoms with Crippen molar-refractivity contribution in [2.45, 2.75) is 86.7 Å². The predicted octanol–water partition coefficient (Wildman–Crippen LogP) is 6.71. The maximum Gasteiger partial charge on any atom is 0.260 e. The zero-order chi connectivity index (χ0) is 34.8. The summed E-state index contributed by atoms with van der Waals surface area (Å²) in [7, 11) is -2.54. The molecule has 3 heterocycles. The van der Waals surface area contributed by atoms with Gasteiger partial charge in [0.2, 0.25) is 15.9 Å².